The Labute approximate surface area is 119 Å². The molecule has 1 aliphatic heterocycles. The highest BCUT2D eigenvalue weighted by Gasteiger charge is 2.43. The summed E-state index contributed by atoms with van der Waals surface area (Å²) in [5.74, 6) is 0.0658. The van der Waals surface area contributed by atoms with Crippen molar-refractivity contribution in [3.05, 3.63) is 16.1 Å². The van der Waals surface area contributed by atoms with E-state index >= 15 is 0 Å². The van der Waals surface area contributed by atoms with Gasteiger partial charge in [-0.15, -0.1) is 11.3 Å². The average Bonchev–Trinajstić information content (AvgIpc) is 2.97. The van der Waals surface area contributed by atoms with E-state index in [1.54, 1.807) is 17.1 Å². The van der Waals surface area contributed by atoms with E-state index < -0.39 is 17.4 Å². The molecule has 1 fully saturated rings. The third-order valence-corrected chi connectivity index (χ3v) is 5.37. The summed E-state index contributed by atoms with van der Waals surface area (Å²) in [5.41, 5.74) is -0.824. The largest absolute Gasteiger partial charge is 0.479 e. The van der Waals surface area contributed by atoms with Gasteiger partial charge in [-0.3, -0.25) is 4.79 Å². The Balaban J connectivity index is 2.13. The Morgan fingerprint density at radius 3 is 2.74 bits per heavy atom. The Morgan fingerprint density at radius 2 is 2.26 bits per heavy atom. The molecule has 1 saturated heterocycles. The fourth-order valence-electron chi connectivity index (χ4n) is 1.82. The molecular weight excluding hydrogens is 284 g/mol. The standard InChI is InChI=1S/C12H16N2O3S2/c1-7(2)10-13-8(5-19-10)9(15)14-12(11(16)17)3-4-18-6-12/h5,7H,3-4,6H2,1-2H3,(H,14,15)(H,16,17). The second kappa shape index (κ2) is 5.50. The predicted molar refractivity (Wildman–Crippen MR) is 76.0 cm³/mol. The first-order chi connectivity index (χ1) is 8.94. The summed E-state index contributed by atoms with van der Waals surface area (Å²) in [5, 5.41) is 14.5. The number of carbonyl (C=O) groups is 2. The quantitative estimate of drug-likeness (QED) is 0.888. The molecule has 0 radical (unpaired) electrons. The SMILES string of the molecule is CC(C)c1nc(C(=O)NC2(C(=O)O)CCSC2)cs1. The van der Waals surface area contributed by atoms with Gasteiger partial charge < -0.3 is 10.4 Å². The number of nitrogens with one attached hydrogen (secondary N) is 1. The maximum atomic E-state index is 12.1. The molecule has 1 aromatic rings. The first-order valence-corrected chi connectivity index (χ1v) is 8.07. The van der Waals surface area contributed by atoms with E-state index in [0.717, 1.165) is 10.8 Å². The van der Waals surface area contributed by atoms with Gasteiger partial charge in [0, 0.05) is 17.1 Å². The highest BCUT2D eigenvalue weighted by molar-refractivity contribution is 7.99. The van der Waals surface area contributed by atoms with Crippen LogP contribution in [0.5, 0.6) is 0 Å². The Hall–Kier alpha value is -1.08. The van der Waals surface area contributed by atoms with Gasteiger partial charge in [0.25, 0.3) is 5.91 Å². The highest BCUT2D eigenvalue weighted by Crippen LogP contribution is 2.29. The van der Waals surface area contributed by atoms with Crippen LogP contribution in [-0.4, -0.2) is 39.0 Å². The molecule has 2 N–H and O–H groups in total. The van der Waals surface area contributed by atoms with E-state index in [0.29, 0.717) is 17.9 Å². The number of thioether (sulfide) groups is 1. The molecule has 1 amide bonds. The minimum Gasteiger partial charge on any atom is -0.479 e. The summed E-state index contributed by atoms with van der Waals surface area (Å²) in [6.07, 6.45) is 0.458. The fourth-order valence-corrected chi connectivity index (χ4v) is 3.97. The molecule has 5 nitrogen and oxygen atoms in total. The maximum Gasteiger partial charge on any atom is 0.330 e. The zero-order chi connectivity index (χ0) is 14.0. The number of rotatable bonds is 4. The smallest absolute Gasteiger partial charge is 0.330 e. The Morgan fingerprint density at radius 1 is 1.53 bits per heavy atom. The number of carboxylic acid groups (broad SMARTS) is 1. The molecule has 0 spiro atoms. The van der Waals surface area contributed by atoms with Crippen molar-refractivity contribution >= 4 is 35.0 Å². The van der Waals surface area contributed by atoms with Gasteiger partial charge in [-0.1, -0.05) is 13.8 Å². The van der Waals surface area contributed by atoms with Crippen molar-refractivity contribution in [2.75, 3.05) is 11.5 Å². The molecule has 1 aromatic heterocycles. The van der Waals surface area contributed by atoms with Crippen molar-refractivity contribution in [1.29, 1.82) is 0 Å². The number of nitrogens with zero attached hydrogens (tertiary/aromatic N) is 1. The monoisotopic (exact) mass is 300 g/mol. The lowest BCUT2D eigenvalue weighted by Gasteiger charge is -2.23. The number of carboxylic acids is 1. The van der Waals surface area contributed by atoms with Gasteiger partial charge in [0.2, 0.25) is 0 Å². The van der Waals surface area contributed by atoms with Crippen LogP contribution in [0.25, 0.3) is 0 Å². The number of amides is 1. The van der Waals surface area contributed by atoms with E-state index in [-0.39, 0.29) is 5.92 Å². The van der Waals surface area contributed by atoms with Crippen molar-refractivity contribution in [2.45, 2.75) is 31.7 Å². The average molecular weight is 300 g/mol. The van der Waals surface area contributed by atoms with E-state index in [4.69, 9.17) is 0 Å². The molecule has 1 aliphatic rings. The molecule has 19 heavy (non-hydrogen) atoms. The summed E-state index contributed by atoms with van der Waals surface area (Å²) in [7, 11) is 0. The number of hydrogen-bond donors (Lipinski definition) is 2. The summed E-state index contributed by atoms with van der Waals surface area (Å²) in [6.45, 7) is 4.01. The summed E-state index contributed by atoms with van der Waals surface area (Å²) in [4.78, 5) is 27.7. The zero-order valence-electron chi connectivity index (χ0n) is 10.8. The van der Waals surface area contributed by atoms with Crippen LogP contribution in [0.15, 0.2) is 5.38 Å². The first-order valence-electron chi connectivity index (χ1n) is 6.04. The van der Waals surface area contributed by atoms with E-state index in [9.17, 15) is 14.7 Å². The van der Waals surface area contributed by atoms with Crippen LogP contribution in [0, 0.1) is 0 Å². The van der Waals surface area contributed by atoms with Crippen LogP contribution in [0.2, 0.25) is 0 Å². The normalized spacial score (nSPS) is 22.7. The van der Waals surface area contributed by atoms with E-state index in [2.05, 4.69) is 10.3 Å². The zero-order valence-corrected chi connectivity index (χ0v) is 12.4. The van der Waals surface area contributed by atoms with E-state index in [1.165, 1.54) is 11.3 Å². The second-order valence-corrected chi connectivity index (χ2v) is 6.86. The van der Waals surface area contributed by atoms with E-state index in [1.807, 2.05) is 13.8 Å². The molecule has 0 saturated carbocycles. The molecule has 1 unspecified atom stereocenters. The van der Waals surface area contributed by atoms with Crippen LogP contribution < -0.4 is 5.32 Å². The van der Waals surface area contributed by atoms with Gasteiger partial charge in [-0.2, -0.15) is 11.8 Å². The third kappa shape index (κ3) is 2.92. The van der Waals surface area contributed by atoms with Crippen molar-refractivity contribution in [3.8, 4) is 0 Å². The lowest BCUT2D eigenvalue weighted by Crippen LogP contribution is -2.54. The molecule has 0 bridgehead atoms. The minimum atomic E-state index is -1.14. The van der Waals surface area contributed by atoms with Gasteiger partial charge in [0.15, 0.2) is 0 Å². The molecule has 0 aromatic carbocycles. The second-order valence-electron chi connectivity index (χ2n) is 4.87. The minimum absolute atomic E-state index is 0.266. The summed E-state index contributed by atoms with van der Waals surface area (Å²) in [6, 6.07) is 0. The fraction of sp³-hybridized carbons (Fsp3) is 0.583. The summed E-state index contributed by atoms with van der Waals surface area (Å²) >= 11 is 2.97. The number of hydrogen-bond acceptors (Lipinski definition) is 5. The van der Waals surface area contributed by atoms with Gasteiger partial charge in [-0.25, -0.2) is 9.78 Å². The third-order valence-electron chi connectivity index (χ3n) is 3.03. The van der Waals surface area contributed by atoms with Crippen molar-refractivity contribution < 1.29 is 14.7 Å². The molecule has 104 valence electrons. The van der Waals surface area contributed by atoms with Gasteiger partial charge in [-0.05, 0) is 12.2 Å². The summed E-state index contributed by atoms with van der Waals surface area (Å²) < 4.78 is 0. The first kappa shape index (κ1) is 14.3. The van der Waals surface area contributed by atoms with Crippen molar-refractivity contribution in [1.82, 2.24) is 10.3 Å². The molecule has 7 heteroatoms. The number of aromatic nitrogens is 1. The van der Waals surface area contributed by atoms with Gasteiger partial charge in [0.05, 0.1) is 5.01 Å². The van der Waals surface area contributed by atoms with Gasteiger partial charge >= 0.3 is 5.97 Å². The van der Waals surface area contributed by atoms with Crippen LogP contribution in [0.3, 0.4) is 0 Å². The van der Waals surface area contributed by atoms with Crippen LogP contribution >= 0.6 is 23.1 Å². The van der Waals surface area contributed by atoms with Crippen molar-refractivity contribution in [2.24, 2.45) is 0 Å². The lowest BCUT2D eigenvalue weighted by molar-refractivity contribution is -0.143. The number of thiazole rings is 1. The van der Waals surface area contributed by atoms with Crippen LogP contribution in [-0.2, 0) is 4.79 Å². The van der Waals surface area contributed by atoms with Crippen molar-refractivity contribution in [3.63, 3.8) is 0 Å². The topological polar surface area (TPSA) is 79.3 Å². The maximum absolute atomic E-state index is 12.1. The number of carbonyl (C=O) groups excluding carboxylic acids is 1. The lowest BCUT2D eigenvalue weighted by atomic mass is 9.99. The van der Waals surface area contributed by atoms with Crippen LogP contribution in [0.4, 0.5) is 0 Å². The number of aliphatic carboxylic acids is 1. The molecule has 0 aliphatic carbocycles. The molecular formula is C12H16N2O3S2. The highest BCUT2D eigenvalue weighted by atomic mass is 32.2. The van der Waals surface area contributed by atoms with Crippen LogP contribution in [0.1, 0.15) is 41.7 Å². The molecule has 2 heterocycles. The predicted octanol–water partition coefficient (Wildman–Crippen LogP) is 1.96. The Kier molecular flexibility index (Phi) is 4.15. The van der Waals surface area contributed by atoms with Gasteiger partial charge in [0.1, 0.15) is 11.2 Å². The molecule has 2 rings (SSSR count). The molecule has 1 atom stereocenters. The Bertz CT molecular complexity index is 493.